The standard InChI is InChI=1S/C13H18N2O3/c1-9-7-11-12(18-6-5-17-11)8-10(9)3-4-15(2)13(14)16/h7-8H,3-6H2,1-2H3,(H2,14,16). The molecule has 0 aliphatic carbocycles. The number of carbonyl (C=O) groups is 1. The van der Waals surface area contributed by atoms with Crippen LogP contribution in [-0.2, 0) is 6.42 Å². The highest BCUT2D eigenvalue weighted by atomic mass is 16.6. The van der Waals surface area contributed by atoms with Crippen LogP contribution in [0.15, 0.2) is 12.1 Å². The normalized spacial score (nSPS) is 13.2. The first-order valence-corrected chi connectivity index (χ1v) is 5.97. The van der Waals surface area contributed by atoms with Gasteiger partial charge in [0.15, 0.2) is 11.5 Å². The molecule has 5 nitrogen and oxygen atoms in total. The number of likely N-dealkylation sites (N-methyl/N-ethyl adjacent to an activating group) is 1. The molecule has 2 N–H and O–H groups in total. The SMILES string of the molecule is Cc1cc2c(cc1CCN(C)C(N)=O)OCCO2. The van der Waals surface area contributed by atoms with E-state index in [4.69, 9.17) is 15.2 Å². The molecule has 0 radical (unpaired) electrons. The molecule has 0 aromatic heterocycles. The quantitative estimate of drug-likeness (QED) is 0.880. The lowest BCUT2D eigenvalue weighted by molar-refractivity contribution is 0.171. The molecule has 1 heterocycles. The van der Waals surface area contributed by atoms with Gasteiger partial charge >= 0.3 is 6.03 Å². The number of amides is 2. The molecule has 2 rings (SSSR count). The van der Waals surface area contributed by atoms with E-state index in [1.807, 2.05) is 19.1 Å². The van der Waals surface area contributed by atoms with Crippen LogP contribution in [0.25, 0.3) is 0 Å². The lowest BCUT2D eigenvalue weighted by atomic mass is 10.0. The van der Waals surface area contributed by atoms with Gasteiger partial charge < -0.3 is 20.1 Å². The third-order valence-electron chi connectivity index (χ3n) is 3.09. The zero-order valence-corrected chi connectivity index (χ0v) is 10.7. The van der Waals surface area contributed by atoms with Gasteiger partial charge in [-0.2, -0.15) is 0 Å². The molecule has 1 aromatic rings. The van der Waals surface area contributed by atoms with Crippen LogP contribution in [0, 0.1) is 6.92 Å². The van der Waals surface area contributed by atoms with Crippen molar-refractivity contribution in [1.82, 2.24) is 4.90 Å². The van der Waals surface area contributed by atoms with E-state index < -0.39 is 6.03 Å². The molecule has 2 amide bonds. The van der Waals surface area contributed by atoms with Gasteiger partial charge in [0.1, 0.15) is 13.2 Å². The zero-order valence-electron chi connectivity index (χ0n) is 10.7. The van der Waals surface area contributed by atoms with Crippen LogP contribution in [0.5, 0.6) is 11.5 Å². The van der Waals surface area contributed by atoms with Crippen molar-refractivity contribution >= 4 is 6.03 Å². The Labute approximate surface area is 106 Å². The number of ether oxygens (including phenoxy) is 2. The molecule has 1 aromatic carbocycles. The summed E-state index contributed by atoms with van der Waals surface area (Å²) in [6.45, 7) is 3.79. The van der Waals surface area contributed by atoms with E-state index in [9.17, 15) is 4.79 Å². The van der Waals surface area contributed by atoms with Crippen molar-refractivity contribution in [2.45, 2.75) is 13.3 Å². The maximum Gasteiger partial charge on any atom is 0.314 e. The van der Waals surface area contributed by atoms with E-state index in [-0.39, 0.29) is 0 Å². The minimum absolute atomic E-state index is 0.412. The second kappa shape index (κ2) is 5.16. The van der Waals surface area contributed by atoms with Crippen molar-refractivity contribution in [3.63, 3.8) is 0 Å². The number of urea groups is 1. The Kier molecular flexibility index (Phi) is 3.60. The Morgan fingerprint density at radius 3 is 2.56 bits per heavy atom. The molecular weight excluding hydrogens is 232 g/mol. The van der Waals surface area contributed by atoms with Gasteiger partial charge in [-0.3, -0.25) is 0 Å². The largest absolute Gasteiger partial charge is 0.486 e. The molecule has 1 aliphatic heterocycles. The number of carbonyl (C=O) groups excluding carboxylic acids is 1. The van der Waals surface area contributed by atoms with Gasteiger partial charge in [0.2, 0.25) is 0 Å². The van der Waals surface area contributed by atoms with Crippen LogP contribution in [0.4, 0.5) is 4.79 Å². The predicted octanol–water partition coefficient (Wildman–Crippen LogP) is 1.32. The number of hydrogen-bond donors (Lipinski definition) is 1. The minimum Gasteiger partial charge on any atom is -0.486 e. The molecule has 1 aliphatic rings. The van der Waals surface area contributed by atoms with E-state index in [1.54, 1.807) is 7.05 Å². The van der Waals surface area contributed by atoms with Crippen molar-refractivity contribution in [1.29, 1.82) is 0 Å². The first-order chi connectivity index (χ1) is 8.58. The van der Waals surface area contributed by atoms with Gasteiger partial charge in [0.25, 0.3) is 0 Å². The van der Waals surface area contributed by atoms with E-state index >= 15 is 0 Å². The first-order valence-electron chi connectivity index (χ1n) is 5.97. The van der Waals surface area contributed by atoms with Crippen molar-refractivity contribution in [3.8, 4) is 11.5 Å². The number of benzene rings is 1. The molecule has 0 fully saturated rings. The van der Waals surface area contributed by atoms with Crippen LogP contribution < -0.4 is 15.2 Å². The molecular formula is C13H18N2O3. The number of aryl methyl sites for hydroxylation is 1. The van der Waals surface area contributed by atoms with Crippen LogP contribution in [0.1, 0.15) is 11.1 Å². The van der Waals surface area contributed by atoms with Crippen LogP contribution in [-0.4, -0.2) is 37.7 Å². The lowest BCUT2D eigenvalue weighted by Crippen LogP contribution is -2.33. The summed E-state index contributed by atoms with van der Waals surface area (Å²) in [7, 11) is 1.69. The predicted molar refractivity (Wildman–Crippen MR) is 68.1 cm³/mol. The summed E-state index contributed by atoms with van der Waals surface area (Å²) in [6.07, 6.45) is 0.752. The molecule has 98 valence electrons. The monoisotopic (exact) mass is 250 g/mol. The highest BCUT2D eigenvalue weighted by Crippen LogP contribution is 2.33. The average molecular weight is 250 g/mol. The summed E-state index contributed by atoms with van der Waals surface area (Å²) in [6, 6.07) is 3.55. The Morgan fingerprint density at radius 2 is 1.94 bits per heavy atom. The van der Waals surface area contributed by atoms with Crippen LogP contribution in [0.2, 0.25) is 0 Å². The van der Waals surface area contributed by atoms with Gasteiger partial charge in [-0.25, -0.2) is 4.79 Å². The lowest BCUT2D eigenvalue weighted by Gasteiger charge is -2.21. The summed E-state index contributed by atoms with van der Waals surface area (Å²) in [5, 5.41) is 0. The van der Waals surface area contributed by atoms with Crippen molar-refractivity contribution in [2.75, 3.05) is 26.8 Å². The molecule has 5 heteroatoms. The Hall–Kier alpha value is -1.91. The number of primary amides is 1. The van der Waals surface area contributed by atoms with E-state index in [1.165, 1.54) is 4.90 Å². The number of fused-ring (bicyclic) bond motifs is 1. The fourth-order valence-corrected chi connectivity index (χ4v) is 1.90. The summed E-state index contributed by atoms with van der Waals surface area (Å²) in [5.41, 5.74) is 7.47. The fourth-order valence-electron chi connectivity index (χ4n) is 1.90. The maximum atomic E-state index is 10.9. The third kappa shape index (κ3) is 2.67. The second-order valence-corrected chi connectivity index (χ2v) is 4.43. The summed E-state index contributed by atoms with van der Waals surface area (Å²) in [4.78, 5) is 12.4. The van der Waals surface area contributed by atoms with Crippen molar-refractivity contribution in [2.24, 2.45) is 5.73 Å². The second-order valence-electron chi connectivity index (χ2n) is 4.43. The molecule has 0 spiro atoms. The van der Waals surface area contributed by atoms with E-state index in [0.717, 1.165) is 29.0 Å². The highest BCUT2D eigenvalue weighted by Gasteiger charge is 2.14. The van der Waals surface area contributed by atoms with Gasteiger partial charge in [0, 0.05) is 13.6 Å². The smallest absolute Gasteiger partial charge is 0.314 e. The summed E-state index contributed by atoms with van der Waals surface area (Å²) < 4.78 is 11.1. The van der Waals surface area contributed by atoms with E-state index in [0.29, 0.717) is 19.8 Å². The van der Waals surface area contributed by atoms with Gasteiger partial charge in [-0.05, 0) is 36.6 Å². The topological polar surface area (TPSA) is 64.8 Å². The number of nitrogens with two attached hydrogens (primary N) is 1. The Balaban J connectivity index is 2.11. The van der Waals surface area contributed by atoms with Crippen molar-refractivity contribution < 1.29 is 14.3 Å². The first kappa shape index (κ1) is 12.5. The Morgan fingerprint density at radius 1 is 1.33 bits per heavy atom. The number of nitrogens with zero attached hydrogens (tertiary/aromatic N) is 1. The van der Waals surface area contributed by atoms with Crippen LogP contribution >= 0.6 is 0 Å². The summed E-state index contributed by atoms with van der Waals surface area (Å²) in [5.74, 6) is 1.58. The van der Waals surface area contributed by atoms with Crippen LogP contribution in [0.3, 0.4) is 0 Å². The molecule has 0 unspecified atom stereocenters. The molecule has 0 saturated heterocycles. The molecule has 18 heavy (non-hydrogen) atoms. The highest BCUT2D eigenvalue weighted by molar-refractivity contribution is 5.71. The number of hydrogen-bond acceptors (Lipinski definition) is 3. The maximum absolute atomic E-state index is 10.9. The third-order valence-corrected chi connectivity index (χ3v) is 3.09. The van der Waals surface area contributed by atoms with Gasteiger partial charge in [-0.1, -0.05) is 0 Å². The summed E-state index contributed by atoms with van der Waals surface area (Å²) >= 11 is 0. The van der Waals surface area contributed by atoms with E-state index in [2.05, 4.69) is 0 Å². The number of rotatable bonds is 3. The average Bonchev–Trinajstić information content (AvgIpc) is 2.35. The molecule has 0 bridgehead atoms. The fraction of sp³-hybridized carbons (Fsp3) is 0.462. The Bertz CT molecular complexity index is 460. The minimum atomic E-state index is -0.412. The van der Waals surface area contributed by atoms with Gasteiger partial charge in [-0.15, -0.1) is 0 Å². The zero-order chi connectivity index (χ0) is 13.1. The molecule has 0 saturated carbocycles. The molecule has 0 atom stereocenters. The van der Waals surface area contributed by atoms with Crippen molar-refractivity contribution in [3.05, 3.63) is 23.3 Å². The van der Waals surface area contributed by atoms with Gasteiger partial charge in [0.05, 0.1) is 0 Å².